The number of carboxylic acids is 1. The maximum Gasteiger partial charge on any atom is 0.303 e. The van der Waals surface area contributed by atoms with Crippen LogP contribution in [0.2, 0.25) is 0 Å². The second-order valence-electron chi connectivity index (χ2n) is 7.38. The maximum absolute atomic E-state index is 11.4. The number of unbranched alkanes of at least 4 members (excludes halogenated alkanes) is 1. The number of aldehydes is 1. The molecule has 1 aliphatic carbocycles. The van der Waals surface area contributed by atoms with Gasteiger partial charge in [-0.15, -0.1) is 13.2 Å². The molecule has 0 aromatic carbocycles. The van der Waals surface area contributed by atoms with E-state index in [9.17, 15) is 9.59 Å². The monoisotopic (exact) mass is 382 g/mol. The first-order chi connectivity index (χ1) is 13.4. The second-order valence-corrected chi connectivity index (χ2v) is 7.38. The fourth-order valence-corrected chi connectivity index (χ4v) is 3.53. The van der Waals surface area contributed by atoms with Crippen LogP contribution in [-0.4, -0.2) is 17.4 Å². The summed E-state index contributed by atoms with van der Waals surface area (Å²) in [6.07, 6.45) is 12.8. The zero-order valence-corrected chi connectivity index (χ0v) is 16.7. The molecule has 0 saturated heterocycles. The van der Waals surface area contributed by atoms with E-state index in [2.05, 4.69) is 36.8 Å². The number of allylic oxidation sites excluding steroid dienone is 7. The Morgan fingerprint density at radius 2 is 1.96 bits per heavy atom. The molecule has 5 heteroatoms. The van der Waals surface area contributed by atoms with E-state index >= 15 is 0 Å². The average molecular weight is 383 g/mol. The molecule has 1 heterocycles. The van der Waals surface area contributed by atoms with Gasteiger partial charge >= 0.3 is 5.97 Å². The lowest BCUT2D eigenvalue weighted by atomic mass is 9.87. The Morgan fingerprint density at radius 3 is 2.57 bits per heavy atom. The first kappa shape index (κ1) is 21.5. The predicted octanol–water partition coefficient (Wildman–Crippen LogP) is 4.20. The van der Waals surface area contributed by atoms with Gasteiger partial charge in [0.25, 0.3) is 0 Å². The van der Waals surface area contributed by atoms with Gasteiger partial charge in [0.05, 0.1) is 11.4 Å². The number of hydrogen-bond acceptors (Lipinski definition) is 4. The first-order valence-electron chi connectivity index (χ1n) is 9.74. The van der Waals surface area contributed by atoms with Crippen LogP contribution in [0.4, 0.5) is 0 Å². The van der Waals surface area contributed by atoms with Crippen LogP contribution in [0.25, 0.3) is 0 Å². The molecule has 1 aliphatic heterocycles. The zero-order chi connectivity index (χ0) is 20.7. The van der Waals surface area contributed by atoms with Gasteiger partial charge in [-0.25, -0.2) is 0 Å². The Morgan fingerprint density at radius 1 is 1.21 bits per heavy atom. The van der Waals surface area contributed by atoms with Crippen LogP contribution in [0, 0.1) is 17.8 Å². The van der Waals surface area contributed by atoms with Gasteiger partial charge in [-0.1, -0.05) is 38.2 Å². The highest BCUT2D eigenvalue weighted by Crippen LogP contribution is 2.32. The molecule has 0 saturated carbocycles. The summed E-state index contributed by atoms with van der Waals surface area (Å²) >= 11 is 0. The summed E-state index contributed by atoms with van der Waals surface area (Å²) in [5, 5.41) is 15.9. The quantitative estimate of drug-likeness (QED) is 0.300. The zero-order valence-electron chi connectivity index (χ0n) is 16.7. The van der Waals surface area contributed by atoms with Crippen LogP contribution in [0.15, 0.2) is 71.9 Å². The van der Waals surface area contributed by atoms with E-state index in [1.807, 2.05) is 31.2 Å². The molecule has 2 rings (SSSR count). The van der Waals surface area contributed by atoms with Gasteiger partial charge in [0.1, 0.15) is 6.29 Å². The molecule has 0 aromatic heterocycles. The van der Waals surface area contributed by atoms with Gasteiger partial charge in [0, 0.05) is 29.3 Å². The molecule has 150 valence electrons. The van der Waals surface area contributed by atoms with Crippen molar-refractivity contribution in [3.05, 3.63) is 71.9 Å². The minimum absolute atomic E-state index is 0.0546. The number of nitrogens with one attached hydrogen (secondary N) is 2. The summed E-state index contributed by atoms with van der Waals surface area (Å²) in [4.78, 5) is 22.2. The van der Waals surface area contributed by atoms with E-state index in [-0.39, 0.29) is 24.2 Å². The minimum Gasteiger partial charge on any atom is -0.481 e. The van der Waals surface area contributed by atoms with Gasteiger partial charge in [0.2, 0.25) is 0 Å². The number of carbonyl (C=O) groups excluding carboxylic acids is 1. The Hall–Kier alpha value is -2.82. The molecule has 3 atom stereocenters. The highest BCUT2D eigenvalue weighted by atomic mass is 16.4. The van der Waals surface area contributed by atoms with Crippen molar-refractivity contribution in [2.75, 3.05) is 0 Å². The van der Waals surface area contributed by atoms with Crippen LogP contribution in [0.3, 0.4) is 0 Å². The Balaban J connectivity index is 2.38. The molecule has 5 nitrogen and oxygen atoms in total. The smallest absolute Gasteiger partial charge is 0.303 e. The molecule has 0 amide bonds. The van der Waals surface area contributed by atoms with E-state index in [1.54, 1.807) is 0 Å². The number of rotatable bonds is 10. The first-order valence-corrected chi connectivity index (χ1v) is 9.74. The lowest BCUT2D eigenvalue weighted by molar-refractivity contribution is -0.137. The molecule has 3 N–H and O–H groups in total. The molecule has 0 aromatic rings. The number of hydrogen-bond donors (Lipinski definition) is 3. The topological polar surface area (TPSA) is 78.4 Å². The molecule has 0 spiro atoms. The largest absolute Gasteiger partial charge is 0.481 e. The molecule has 3 unspecified atom stereocenters. The molecule has 2 aliphatic rings. The highest BCUT2D eigenvalue weighted by Gasteiger charge is 2.27. The van der Waals surface area contributed by atoms with E-state index in [4.69, 9.17) is 5.11 Å². The fraction of sp³-hybridized carbons (Fsp3) is 0.391. The van der Waals surface area contributed by atoms with Crippen molar-refractivity contribution in [3.8, 4) is 0 Å². The Bertz CT molecular complexity index is 771. The van der Waals surface area contributed by atoms with Crippen LogP contribution in [0.5, 0.6) is 0 Å². The van der Waals surface area contributed by atoms with Gasteiger partial charge < -0.3 is 15.7 Å². The van der Waals surface area contributed by atoms with Crippen LogP contribution >= 0.6 is 0 Å². The van der Waals surface area contributed by atoms with Crippen molar-refractivity contribution in [2.45, 2.75) is 39.5 Å². The third-order valence-electron chi connectivity index (χ3n) is 5.10. The van der Waals surface area contributed by atoms with Gasteiger partial charge in [0.15, 0.2) is 0 Å². The van der Waals surface area contributed by atoms with Crippen molar-refractivity contribution in [1.82, 2.24) is 10.6 Å². The standard InChI is InChI=1S/C23H30N2O3/c1-5-16(4)18(6-2)23-19(9-7-8-10-22(27)28)24-21-13-17(14-26)11-15(3)12-20(21)25-23/h5-6,11-16,18,24-25H,1-2,7-10H2,3-4H3,(H,27,28). The molecule has 0 bridgehead atoms. The minimum atomic E-state index is -0.778. The highest BCUT2D eigenvalue weighted by molar-refractivity contribution is 5.79. The fourth-order valence-electron chi connectivity index (χ4n) is 3.53. The van der Waals surface area contributed by atoms with Gasteiger partial charge in [-0.3, -0.25) is 9.59 Å². The third-order valence-corrected chi connectivity index (χ3v) is 5.10. The summed E-state index contributed by atoms with van der Waals surface area (Å²) in [5.74, 6) is -0.414. The van der Waals surface area contributed by atoms with Crippen molar-refractivity contribution in [2.24, 2.45) is 17.8 Å². The van der Waals surface area contributed by atoms with Crippen molar-refractivity contribution < 1.29 is 14.7 Å². The van der Waals surface area contributed by atoms with E-state index in [0.29, 0.717) is 18.4 Å². The molecule has 0 radical (unpaired) electrons. The van der Waals surface area contributed by atoms with E-state index in [1.165, 1.54) is 0 Å². The second kappa shape index (κ2) is 9.93. The number of fused-ring (bicyclic) bond motifs is 1. The number of carboxylic acid groups (broad SMARTS) is 1. The summed E-state index contributed by atoms with van der Waals surface area (Å²) in [6, 6.07) is 0. The summed E-state index contributed by atoms with van der Waals surface area (Å²) in [6.45, 7) is 12.1. The van der Waals surface area contributed by atoms with Crippen molar-refractivity contribution in [3.63, 3.8) is 0 Å². The number of aliphatic carboxylic acids is 1. The lowest BCUT2D eigenvalue weighted by Gasteiger charge is -2.33. The normalized spacial score (nSPS) is 20.8. The van der Waals surface area contributed by atoms with Crippen LogP contribution in [-0.2, 0) is 9.59 Å². The number of carbonyl (C=O) groups is 2. The molecular weight excluding hydrogens is 352 g/mol. The maximum atomic E-state index is 11.4. The average Bonchev–Trinajstić information content (AvgIpc) is 2.82. The van der Waals surface area contributed by atoms with Gasteiger partial charge in [-0.05, 0) is 37.2 Å². The molecular formula is C23H30N2O3. The lowest BCUT2D eigenvalue weighted by Crippen LogP contribution is -2.36. The van der Waals surface area contributed by atoms with Crippen LogP contribution < -0.4 is 10.6 Å². The van der Waals surface area contributed by atoms with Crippen molar-refractivity contribution >= 4 is 12.3 Å². The van der Waals surface area contributed by atoms with Crippen molar-refractivity contribution in [1.29, 1.82) is 0 Å². The van der Waals surface area contributed by atoms with E-state index in [0.717, 1.165) is 35.5 Å². The Kier molecular flexibility index (Phi) is 7.61. The van der Waals surface area contributed by atoms with Gasteiger partial charge in [-0.2, -0.15) is 0 Å². The SMILES string of the molecule is C=CC(C)C(C=C)C1=C(CCCCC(=O)O)NC2=CC(C=O)=CC(C)C=C2N1. The molecule has 0 fully saturated rings. The Labute approximate surface area is 167 Å². The molecule has 28 heavy (non-hydrogen) atoms. The summed E-state index contributed by atoms with van der Waals surface area (Å²) in [7, 11) is 0. The van der Waals surface area contributed by atoms with E-state index < -0.39 is 5.97 Å². The summed E-state index contributed by atoms with van der Waals surface area (Å²) < 4.78 is 0. The van der Waals surface area contributed by atoms with Crippen LogP contribution in [0.1, 0.15) is 39.5 Å². The summed E-state index contributed by atoms with van der Waals surface area (Å²) in [5.41, 5.74) is 4.47. The predicted molar refractivity (Wildman–Crippen MR) is 112 cm³/mol. The third kappa shape index (κ3) is 5.35.